The number of carbonyl (C=O) groups is 2. The number of pyridine rings is 1. The SMILES string of the molecule is Cl.N[C@H](CC(=O)N1CCc2c(nc(-c3ccncc3)nc2C(F)(F)F)C1)CN1C(=O)CCC(F)(F)C1O. The van der Waals surface area contributed by atoms with E-state index in [9.17, 15) is 36.6 Å². The third-order valence-corrected chi connectivity index (χ3v) is 6.16. The Bertz CT molecular complexity index is 1150. The quantitative estimate of drug-likeness (QED) is 0.546. The molecule has 202 valence electrons. The number of fused-ring (bicyclic) bond motifs is 1. The van der Waals surface area contributed by atoms with Crippen molar-refractivity contribution in [3.8, 4) is 11.4 Å². The smallest absolute Gasteiger partial charge is 0.368 e. The van der Waals surface area contributed by atoms with Gasteiger partial charge in [-0.3, -0.25) is 14.6 Å². The number of amides is 2. The van der Waals surface area contributed by atoms with Crippen LogP contribution in [0.1, 0.15) is 36.2 Å². The first-order valence-electron chi connectivity index (χ1n) is 11.1. The topological polar surface area (TPSA) is 126 Å². The van der Waals surface area contributed by atoms with E-state index in [0.717, 1.165) is 0 Å². The monoisotopic (exact) mass is 550 g/mol. The van der Waals surface area contributed by atoms with E-state index in [0.29, 0.717) is 10.5 Å². The average Bonchev–Trinajstić information content (AvgIpc) is 2.83. The number of carbonyl (C=O) groups excluding carboxylic acids is 2. The van der Waals surface area contributed by atoms with E-state index in [1.54, 1.807) is 0 Å². The van der Waals surface area contributed by atoms with Crippen molar-refractivity contribution in [3.63, 3.8) is 0 Å². The van der Waals surface area contributed by atoms with Crippen LogP contribution in [-0.2, 0) is 28.7 Å². The summed E-state index contributed by atoms with van der Waals surface area (Å²) in [6, 6.07) is 1.86. The maximum atomic E-state index is 13.8. The van der Waals surface area contributed by atoms with Crippen molar-refractivity contribution in [1.29, 1.82) is 0 Å². The van der Waals surface area contributed by atoms with Gasteiger partial charge in [-0.15, -0.1) is 12.4 Å². The van der Waals surface area contributed by atoms with Gasteiger partial charge in [0.05, 0.1) is 12.2 Å². The van der Waals surface area contributed by atoms with E-state index in [-0.39, 0.29) is 55.4 Å². The van der Waals surface area contributed by atoms with Crippen molar-refractivity contribution < 1.29 is 36.6 Å². The Labute approximate surface area is 214 Å². The lowest BCUT2D eigenvalue weighted by atomic mass is 10.0. The first-order valence-corrected chi connectivity index (χ1v) is 11.1. The molecule has 9 nitrogen and oxygen atoms in total. The summed E-state index contributed by atoms with van der Waals surface area (Å²) < 4.78 is 68.8. The van der Waals surface area contributed by atoms with Crippen LogP contribution in [0.2, 0.25) is 0 Å². The van der Waals surface area contributed by atoms with Crippen LogP contribution in [0.25, 0.3) is 11.4 Å². The lowest BCUT2D eigenvalue weighted by Gasteiger charge is -2.38. The summed E-state index contributed by atoms with van der Waals surface area (Å²) in [6.45, 7) is -0.755. The average molecular weight is 551 g/mol. The maximum absolute atomic E-state index is 13.8. The summed E-state index contributed by atoms with van der Waals surface area (Å²) in [5, 5.41) is 9.81. The number of nitrogens with zero attached hydrogens (tertiary/aromatic N) is 5. The molecule has 1 fully saturated rings. The molecule has 2 amide bonds. The van der Waals surface area contributed by atoms with Crippen LogP contribution in [0.4, 0.5) is 22.0 Å². The highest BCUT2D eigenvalue weighted by Crippen LogP contribution is 2.35. The number of rotatable bonds is 5. The normalized spacial score (nSPS) is 20.2. The molecule has 2 aromatic heterocycles. The second kappa shape index (κ2) is 10.8. The first kappa shape index (κ1) is 28.6. The van der Waals surface area contributed by atoms with E-state index < -0.39 is 61.3 Å². The van der Waals surface area contributed by atoms with Gasteiger partial charge in [-0.2, -0.15) is 13.2 Å². The Morgan fingerprint density at radius 3 is 2.54 bits per heavy atom. The fraction of sp³-hybridized carbons (Fsp3) is 0.500. The van der Waals surface area contributed by atoms with Crippen LogP contribution in [0.15, 0.2) is 24.5 Å². The van der Waals surface area contributed by atoms with Gasteiger partial charge in [0.15, 0.2) is 17.7 Å². The summed E-state index contributed by atoms with van der Waals surface area (Å²) in [7, 11) is 0. The van der Waals surface area contributed by atoms with Crippen molar-refractivity contribution >= 4 is 24.2 Å². The van der Waals surface area contributed by atoms with Crippen LogP contribution >= 0.6 is 12.4 Å². The zero-order valence-electron chi connectivity index (χ0n) is 19.3. The third kappa shape index (κ3) is 6.13. The van der Waals surface area contributed by atoms with Crippen molar-refractivity contribution in [2.24, 2.45) is 5.73 Å². The highest BCUT2D eigenvalue weighted by Gasteiger charge is 2.48. The lowest BCUT2D eigenvalue weighted by Crippen LogP contribution is -2.58. The zero-order chi connectivity index (χ0) is 26.3. The summed E-state index contributed by atoms with van der Waals surface area (Å²) in [5.74, 6) is -4.90. The van der Waals surface area contributed by atoms with Crippen LogP contribution in [0.3, 0.4) is 0 Å². The van der Waals surface area contributed by atoms with E-state index in [4.69, 9.17) is 5.73 Å². The maximum Gasteiger partial charge on any atom is 0.433 e. The molecule has 2 aliphatic heterocycles. The Morgan fingerprint density at radius 2 is 1.89 bits per heavy atom. The Kier molecular flexibility index (Phi) is 8.34. The number of nitrogens with two attached hydrogens (primary N) is 1. The number of hydrogen-bond acceptors (Lipinski definition) is 7. The molecule has 1 unspecified atom stereocenters. The fourth-order valence-corrected chi connectivity index (χ4v) is 4.29. The van der Waals surface area contributed by atoms with Gasteiger partial charge in [0.1, 0.15) is 0 Å². The van der Waals surface area contributed by atoms with E-state index in [1.807, 2.05) is 0 Å². The standard InChI is InChI=1S/C22H23F5N6O3.ClH/c23-21(24)5-1-16(34)33(20(21)36)10-13(28)9-17(35)32-8-4-14-15(11-32)30-19(12-2-6-29-7-3-12)31-18(14)22(25,26)27;/h2-3,6-7,13,20,36H,1,4-5,8-11,28H2;1H/t13-,20?;/m1./s1. The number of aliphatic hydroxyl groups is 1. The lowest BCUT2D eigenvalue weighted by molar-refractivity contribution is -0.205. The summed E-state index contributed by atoms with van der Waals surface area (Å²) in [6.07, 6.45) is -6.05. The molecule has 2 aliphatic rings. The highest BCUT2D eigenvalue weighted by atomic mass is 35.5. The van der Waals surface area contributed by atoms with Gasteiger partial charge in [-0.25, -0.2) is 18.7 Å². The van der Waals surface area contributed by atoms with Gasteiger partial charge in [0.2, 0.25) is 11.8 Å². The van der Waals surface area contributed by atoms with Gasteiger partial charge in [-0.1, -0.05) is 0 Å². The van der Waals surface area contributed by atoms with Crippen molar-refractivity contribution in [3.05, 3.63) is 41.5 Å². The van der Waals surface area contributed by atoms with Crippen LogP contribution in [0, 0.1) is 0 Å². The van der Waals surface area contributed by atoms with Crippen molar-refractivity contribution in [2.45, 2.75) is 56.6 Å². The predicted octanol–water partition coefficient (Wildman–Crippen LogP) is 2.16. The molecule has 0 spiro atoms. The number of aliphatic hydroxyl groups excluding tert-OH is 1. The molecule has 0 aliphatic carbocycles. The van der Waals surface area contributed by atoms with Crippen molar-refractivity contribution in [1.82, 2.24) is 24.8 Å². The summed E-state index contributed by atoms with van der Waals surface area (Å²) in [4.78, 5) is 38.5. The third-order valence-electron chi connectivity index (χ3n) is 6.16. The molecule has 4 rings (SSSR count). The first-order chi connectivity index (χ1) is 16.9. The minimum atomic E-state index is -4.73. The number of piperidine rings is 1. The fourth-order valence-electron chi connectivity index (χ4n) is 4.29. The molecule has 2 atom stereocenters. The Hall–Kier alpha value is -2.97. The molecular formula is C22H24ClF5N6O3. The van der Waals surface area contributed by atoms with Crippen LogP contribution in [-0.4, -0.2) is 73.0 Å². The van der Waals surface area contributed by atoms with Gasteiger partial charge in [-0.05, 0) is 18.6 Å². The van der Waals surface area contributed by atoms with Crippen molar-refractivity contribution in [2.75, 3.05) is 13.1 Å². The molecule has 0 radical (unpaired) electrons. The second-order valence-electron chi connectivity index (χ2n) is 8.77. The Balaban J connectivity index is 0.00000380. The van der Waals surface area contributed by atoms with Gasteiger partial charge in [0.25, 0.3) is 5.92 Å². The number of likely N-dealkylation sites (tertiary alicyclic amines) is 1. The molecule has 3 N–H and O–H groups in total. The van der Waals surface area contributed by atoms with E-state index >= 15 is 0 Å². The molecule has 1 saturated heterocycles. The largest absolute Gasteiger partial charge is 0.433 e. The number of hydrogen-bond donors (Lipinski definition) is 2. The highest BCUT2D eigenvalue weighted by molar-refractivity contribution is 5.85. The predicted molar refractivity (Wildman–Crippen MR) is 121 cm³/mol. The number of halogens is 6. The number of alkyl halides is 5. The zero-order valence-corrected chi connectivity index (χ0v) is 20.1. The molecular weight excluding hydrogens is 527 g/mol. The summed E-state index contributed by atoms with van der Waals surface area (Å²) in [5.41, 5.74) is 5.12. The van der Waals surface area contributed by atoms with Gasteiger partial charge >= 0.3 is 6.18 Å². The minimum Gasteiger partial charge on any atom is -0.368 e. The molecule has 2 aromatic rings. The van der Waals surface area contributed by atoms with E-state index in [1.165, 1.54) is 29.4 Å². The molecule has 15 heteroatoms. The molecule has 4 heterocycles. The van der Waals surface area contributed by atoms with E-state index in [2.05, 4.69) is 15.0 Å². The second-order valence-corrected chi connectivity index (χ2v) is 8.77. The van der Waals surface area contributed by atoms with Crippen LogP contribution in [0.5, 0.6) is 0 Å². The van der Waals surface area contributed by atoms with Gasteiger partial charge < -0.3 is 20.6 Å². The molecule has 0 bridgehead atoms. The van der Waals surface area contributed by atoms with Crippen LogP contribution < -0.4 is 5.73 Å². The molecule has 37 heavy (non-hydrogen) atoms. The molecule has 0 aromatic carbocycles. The Morgan fingerprint density at radius 1 is 1.22 bits per heavy atom. The number of aromatic nitrogens is 3. The summed E-state index contributed by atoms with van der Waals surface area (Å²) >= 11 is 0. The molecule has 0 saturated carbocycles. The minimum absolute atomic E-state index is 0. The van der Waals surface area contributed by atoms with Gasteiger partial charge in [0, 0.05) is 61.9 Å².